The van der Waals surface area contributed by atoms with Gasteiger partial charge in [0.15, 0.2) is 6.07 Å². The van der Waals surface area contributed by atoms with Crippen molar-refractivity contribution in [2.45, 2.75) is 0 Å². The lowest BCUT2D eigenvalue weighted by Gasteiger charge is -1.42. The van der Waals surface area contributed by atoms with Gasteiger partial charge in [-0.05, 0) is 5.92 Å². The van der Waals surface area contributed by atoms with E-state index < -0.39 is 0 Å². The van der Waals surface area contributed by atoms with Crippen LogP contribution < -0.4 is 0 Å². The molecular weight excluding hydrogens is 76.1 g/mol. The number of rotatable bonds is 0. The maximum atomic E-state index is 7.65. The summed E-state index contributed by atoms with van der Waals surface area (Å²) in [5.41, 5.74) is 0. The van der Waals surface area contributed by atoms with Gasteiger partial charge < -0.3 is 0 Å². The molecule has 6 heavy (non-hydrogen) atoms. The van der Waals surface area contributed by atoms with Crippen molar-refractivity contribution >= 4 is 6.21 Å². The fraction of sp³-hybridized carbons (Fsp3) is 0. The predicted octanol–water partition coefficient (Wildman–Crippen LogP) is 0.0399. The molecule has 2 heteroatoms. The molecule has 2 nitrogen and oxygen atoms in total. The summed E-state index contributed by atoms with van der Waals surface area (Å²) < 4.78 is 0. The van der Waals surface area contributed by atoms with E-state index in [1.165, 1.54) is 6.07 Å². The van der Waals surface area contributed by atoms with Gasteiger partial charge in [-0.2, -0.15) is 5.26 Å². The first-order chi connectivity index (χ1) is 2.91. The van der Waals surface area contributed by atoms with E-state index in [-0.39, 0.29) is 0 Å². The lowest BCUT2D eigenvalue weighted by atomic mass is 10.6. The molecule has 0 aliphatic heterocycles. The smallest absolute Gasteiger partial charge is 0.152 e. The fourth-order valence-electron chi connectivity index (χ4n) is 0.0592. The molecule has 0 fully saturated rings. The second-order valence-corrected chi connectivity index (χ2v) is 0.487. The summed E-state index contributed by atoms with van der Waals surface area (Å²) >= 11 is 0. The third-order valence-electron chi connectivity index (χ3n) is 0.181. The second-order valence-electron chi connectivity index (χ2n) is 0.487. The predicted molar refractivity (Wildman–Crippen MR) is 21.1 cm³/mol. The summed E-state index contributed by atoms with van der Waals surface area (Å²) in [5, 5.41) is 13.8. The number of nitrogens with one attached hydrogen (secondary N) is 1. The third kappa shape index (κ3) is 2.72. The summed E-state index contributed by atoms with van der Waals surface area (Å²) in [6.07, 6.45) is 1.74. The van der Waals surface area contributed by atoms with E-state index >= 15 is 0 Å². The lowest BCUT2D eigenvalue weighted by molar-refractivity contribution is 1.55. The van der Waals surface area contributed by atoms with Crippen LogP contribution in [0.15, 0.2) is 0 Å². The number of nitriles is 1. The van der Waals surface area contributed by atoms with Gasteiger partial charge in [-0.25, -0.2) is 0 Å². The summed E-state index contributed by atoms with van der Waals surface area (Å²) in [5.74, 6) is 3.96. The normalized spacial score (nSPS) is 3.83. The Labute approximate surface area is 35.9 Å². The Morgan fingerprint density at radius 1 is 1.33 bits per heavy atom. The first kappa shape index (κ1) is 4.72. The molecule has 0 spiro atoms. The highest BCUT2D eigenvalue weighted by atomic mass is 14.3. The Hall–Kier alpha value is -1.28. The minimum atomic E-state index is 1.52. The van der Waals surface area contributed by atoms with Gasteiger partial charge in [0.05, 0.1) is 0 Å². The monoisotopic (exact) mass is 77.0 g/mol. The molecule has 0 aromatic heterocycles. The quantitative estimate of drug-likeness (QED) is 0.322. The van der Waals surface area contributed by atoms with E-state index in [9.17, 15) is 0 Å². The van der Waals surface area contributed by atoms with E-state index in [2.05, 4.69) is 0 Å². The van der Waals surface area contributed by atoms with Crippen LogP contribution in [-0.4, -0.2) is 6.21 Å². The molecule has 0 heterocycles. The lowest BCUT2D eigenvalue weighted by Crippen LogP contribution is -1.52. The second kappa shape index (κ2) is 3.72. The molecule has 0 atom stereocenters. The molecule has 0 bridgehead atoms. The van der Waals surface area contributed by atoms with Crippen molar-refractivity contribution in [3.63, 3.8) is 0 Å². The zero-order valence-electron chi connectivity index (χ0n) is 2.95. The molecule has 0 aliphatic rings. The molecule has 0 saturated carbocycles. The van der Waals surface area contributed by atoms with Gasteiger partial charge in [-0.15, -0.1) is 0 Å². The Morgan fingerprint density at radius 2 is 2.00 bits per heavy atom. The largest absolute Gasteiger partial charge is 0.290 e. The van der Waals surface area contributed by atoms with Gasteiger partial charge >= 0.3 is 0 Å². The minimum absolute atomic E-state index is 1.52. The van der Waals surface area contributed by atoms with Crippen LogP contribution in [0.3, 0.4) is 0 Å². The topological polar surface area (TPSA) is 47.6 Å². The molecule has 0 rings (SSSR count). The average Bonchev–Trinajstić information content (AvgIpc) is 1.61. The van der Waals surface area contributed by atoms with E-state index in [0.29, 0.717) is 0 Å². The SMILES string of the molecule is N#CC#C[C]=N. The molecule has 1 N–H and O–H groups in total. The molecule has 0 aliphatic carbocycles. The zero-order chi connectivity index (χ0) is 4.83. The Kier molecular flexibility index (Phi) is 2.93. The summed E-state index contributed by atoms with van der Waals surface area (Å²) in [6.45, 7) is 0. The summed E-state index contributed by atoms with van der Waals surface area (Å²) in [7, 11) is 0. The Morgan fingerprint density at radius 3 is 2.17 bits per heavy atom. The van der Waals surface area contributed by atoms with Crippen LogP contribution in [-0.2, 0) is 0 Å². The molecule has 0 saturated heterocycles. The van der Waals surface area contributed by atoms with Crippen LogP contribution in [0.5, 0.6) is 0 Å². The minimum Gasteiger partial charge on any atom is -0.290 e. The van der Waals surface area contributed by atoms with Gasteiger partial charge in [0, 0.05) is 5.92 Å². The third-order valence-corrected chi connectivity index (χ3v) is 0.181. The van der Waals surface area contributed by atoms with Gasteiger partial charge in [0.25, 0.3) is 0 Å². The standard InChI is InChI=1S/C4HN2/c5-3-1-2-4-6/h5H. The molecule has 1 radical (unpaired) electrons. The molecule has 0 amide bonds. The van der Waals surface area contributed by atoms with E-state index in [1.807, 2.05) is 11.8 Å². The van der Waals surface area contributed by atoms with Crippen molar-refractivity contribution < 1.29 is 0 Å². The van der Waals surface area contributed by atoms with Crippen LogP contribution in [0.4, 0.5) is 0 Å². The molecular formula is C4HN2. The van der Waals surface area contributed by atoms with Crippen molar-refractivity contribution in [3.05, 3.63) is 0 Å². The Balaban J connectivity index is 3.50. The van der Waals surface area contributed by atoms with Gasteiger partial charge in [0.1, 0.15) is 6.21 Å². The van der Waals surface area contributed by atoms with Crippen molar-refractivity contribution in [2.75, 3.05) is 0 Å². The Bertz CT molecular complexity index is 130. The molecule has 0 aromatic rings. The fourth-order valence-corrected chi connectivity index (χ4v) is 0.0592. The highest BCUT2D eigenvalue weighted by Gasteiger charge is 1.49. The van der Waals surface area contributed by atoms with Crippen LogP contribution in [0, 0.1) is 28.6 Å². The first-order valence-corrected chi connectivity index (χ1v) is 1.22. The van der Waals surface area contributed by atoms with E-state index in [4.69, 9.17) is 10.7 Å². The van der Waals surface area contributed by atoms with Gasteiger partial charge in [-0.1, -0.05) is 0 Å². The van der Waals surface area contributed by atoms with Crippen LogP contribution in [0.1, 0.15) is 0 Å². The van der Waals surface area contributed by atoms with Crippen molar-refractivity contribution in [1.29, 1.82) is 10.7 Å². The van der Waals surface area contributed by atoms with Crippen molar-refractivity contribution in [1.82, 2.24) is 0 Å². The van der Waals surface area contributed by atoms with Crippen LogP contribution in [0.2, 0.25) is 0 Å². The van der Waals surface area contributed by atoms with Gasteiger partial charge in [-0.3, -0.25) is 5.41 Å². The average molecular weight is 77.1 g/mol. The van der Waals surface area contributed by atoms with E-state index in [1.54, 1.807) is 6.21 Å². The van der Waals surface area contributed by atoms with Crippen molar-refractivity contribution in [3.8, 4) is 17.9 Å². The van der Waals surface area contributed by atoms with Crippen LogP contribution in [0.25, 0.3) is 0 Å². The first-order valence-electron chi connectivity index (χ1n) is 1.22. The van der Waals surface area contributed by atoms with Crippen molar-refractivity contribution in [2.24, 2.45) is 0 Å². The maximum Gasteiger partial charge on any atom is 0.152 e. The maximum absolute atomic E-state index is 7.65. The highest BCUT2D eigenvalue weighted by molar-refractivity contribution is 5.75. The van der Waals surface area contributed by atoms with Crippen LogP contribution >= 0.6 is 0 Å². The van der Waals surface area contributed by atoms with Gasteiger partial charge in [0.2, 0.25) is 0 Å². The summed E-state index contributed by atoms with van der Waals surface area (Å²) in [4.78, 5) is 0. The highest BCUT2D eigenvalue weighted by Crippen LogP contribution is 1.40. The molecule has 0 unspecified atom stereocenters. The van der Waals surface area contributed by atoms with E-state index in [0.717, 1.165) is 0 Å². The zero-order valence-corrected chi connectivity index (χ0v) is 2.95. The summed E-state index contributed by atoms with van der Waals surface area (Å²) in [6, 6.07) is 1.52. The number of hydrogen-bond acceptors (Lipinski definition) is 2. The number of nitrogens with zero attached hydrogens (tertiary/aromatic N) is 1. The number of hydrogen-bond donors (Lipinski definition) is 1. The molecule has 27 valence electrons. The molecule has 0 aromatic carbocycles.